The fourth-order valence-corrected chi connectivity index (χ4v) is 5.25. The molecule has 6 nitrogen and oxygen atoms in total. The van der Waals surface area contributed by atoms with Gasteiger partial charge in [-0.05, 0) is 67.1 Å². The zero-order chi connectivity index (χ0) is 24.2. The maximum Gasteiger partial charge on any atom is 0.225 e. The van der Waals surface area contributed by atoms with Crippen LogP contribution in [0.15, 0.2) is 60.7 Å². The number of rotatable bonds is 8. The largest absolute Gasteiger partial charge is 0.496 e. The molecule has 4 aromatic rings. The van der Waals surface area contributed by atoms with Crippen LogP contribution in [0.5, 0.6) is 5.75 Å². The molecular weight excluding hydrogens is 434 g/mol. The van der Waals surface area contributed by atoms with Crippen molar-refractivity contribution in [3.8, 4) is 5.75 Å². The van der Waals surface area contributed by atoms with Crippen molar-refractivity contribution in [2.45, 2.75) is 38.3 Å². The molecule has 1 fully saturated rings. The van der Waals surface area contributed by atoms with Crippen LogP contribution in [0.2, 0.25) is 0 Å². The summed E-state index contributed by atoms with van der Waals surface area (Å²) in [7, 11) is 5.82. The van der Waals surface area contributed by atoms with Gasteiger partial charge < -0.3 is 20.3 Å². The van der Waals surface area contributed by atoms with E-state index < -0.39 is 0 Å². The van der Waals surface area contributed by atoms with Crippen molar-refractivity contribution < 1.29 is 4.74 Å². The number of benzene rings is 3. The van der Waals surface area contributed by atoms with Crippen LogP contribution < -0.4 is 20.3 Å². The number of methoxy groups -OCH3 is 1. The maximum absolute atomic E-state index is 5.65. The number of fused-ring (bicyclic) bond motifs is 2. The van der Waals surface area contributed by atoms with E-state index in [4.69, 9.17) is 14.7 Å². The summed E-state index contributed by atoms with van der Waals surface area (Å²) in [6, 6.07) is 21.4. The van der Waals surface area contributed by atoms with Gasteiger partial charge in [-0.2, -0.15) is 4.98 Å². The lowest BCUT2D eigenvalue weighted by Gasteiger charge is -2.29. The second kappa shape index (κ2) is 10.5. The lowest BCUT2D eigenvalue weighted by Crippen LogP contribution is -2.31. The highest BCUT2D eigenvalue weighted by Crippen LogP contribution is 2.30. The van der Waals surface area contributed by atoms with Crippen molar-refractivity contribution >= 4 is 33.4 Å². The highest BCUT2D eigenvalue weighted by atomic mass is 16.5. The fraction of sp³-hybridized carbons (Fsp3) is 0.379. The van der Waals surface area contributed by atoms with E-state index in [0.717, 1.165) is 54.3 Å². The maximum atomic E-state index is 5.65. The third kappa shape index (κ3) is 5.17. The topological polar surface area (TPSA) is 62.3 Å². The minimum atomic E-state index is 0.417. The Morgan fingerprint density at radius 3 is 2.40 bits per heavy atom. The van der Waals surface area contributed by atoms with E-state index in [1.165, 1.54) is 29.2 Å². The summed E-state index contributed by atoms with van der Waals surface area (Å²) in [6.07, 6.45) is 4.67. The summed E-state index contributed by atoms with van der Waals surface area (Å²) < 4.78 is 5.65. The minimum Gasteiger partial charge on any atom is -0.496 e. The van der Waals surface area contributed by atoms with Crippen molar-refractivity contribution in [2.75, 3.05) is 38.0 Å². The van der Waals surface area contributed by atoms with Gasteiger partial charge in [0.15, 0.2) is 0 Å². The smallest absolute Gasteiger partial charge is 0.225 e. The zero-order valence-corrected chi connectivity index (χ0v) is 20.9. The van der Waals surface area contributed by atoms with Gasteiger partial charge in [0.25, 0.3) is 0 Å². The van der Waals surface area contributed by atoms with Gasteiger partial charge in [0.1, 0.15) is 11.6 Å². The Kier molecular flexibility index (Phi) is 7.00. The normalized spacial score (nSPS) is 18.0. The monoisotopic (exact) mass is 469 g/mol. The molecule has 1 saturated carbocycles. The summed E-state index contributed by atoms with van der Waals surface area (Å²) in [5, 5.41) is 10.9. The van der Waals surface area contributed by atoms with Crippen LogP contribution in [-0.2, 0) is 6.54 Å². The predicted molar refractivity (Wildman–Crippen MR) is 145 cm³/mol. The summed E-state index contributed by atoms with van der Waals surface area (Å²) in [6.45, 7) is 1.84. The standard InChI is InChI=1S/C29H35N5O/c1-34(2)28-24-10-6-7-11-26(24)32-29(33-28)31-22-15-12-20(13-16-22)18-30-19-25-23-9-5-4-8-21(23)14-17-27(25)35-3/h4-11,14,17,20,22,30H,12-13,15-16,18-19H2,1-3H3,(H,31,32,33). The number of anilines is 2. The van der Waals surface area contributed by atoms with Crippen LogP contribution >= 0.6 is 0 Å². The zero-order valence-electron chi connectivity index (χ0n) is 20.9. The van der Waals surface area contributed by atoms with Gasteiger partial charge >= 0.3 is 0 Å². The van der Waals surface area contributed by atoms with Gasteiger partial charge in [0, 0.05) is 37.6 Å². The molecule has 3 aromatic carbocycles. The fourth-order valence-electron chi connectivity index (χ4n) is 5.25. The molecule has 5 rings (SSSR count). The van der Waals surface area contributed by atoms with Crippen LogP contribution in [-0.4, -0.2) is 43.8 Å². The first-order valence-electron chi connectivity index (χ1n) is 12.6. The van der Waals surface area contributed by atoms with Crippen LogP contribution in [0.4, 0.5) is 11.8 Å². The molecule has 0 bridgehead atoms. The number of para-hydroxylation sites is 1. The van der Waals surface area contributed by atoms with Crippen LogP contribution in [0, 0.1) is 5.92 Å². The SMILES string of the molecule is COc1ccc2ccccc2c1CNCC1CCC(Nc2nc(N(C)C)c3ccccc3n2)CC1. The van der Waals surface area contributed by atoms with Gasteiger partial charge in [-0.15, -0.1) is 0 Å². The molecule has 1 aliphatic rings. The van der Waals surface area contributed by atoms with E-state index in [2.05, 4.69) is 64.1 Å². The average molecular weight is 470 g/mol. The Morgan fingerprint density at radius 2 is 1.63 bits per heavy atom. The number of ether oxygens (including phenoxy) is 1. The molecule has 0 spiro atoms. The molecule has 0 saturated heterocycles. The number of aromatic nitrogens is 2. The number of hydrogen-bond acceptors (Lipinski definition) is 6. The summed E-state index contributed by atoms with van der Waals surface area (Å²) in [5.41, 5.74) is 2.22. The first kappa shape index (κ1) is 23.4. The van der Waals surface area contributed by atoms with Crippen LogP contribution in [0.25, 0.3) is 21.7 Å². The van der Waals surface area contributed by atoms with Crippen LogP contribution in [0.3, 0.4) is 0 Å². The van der Waals surface area contributed by atoms with E-state index in [1.54, 1.807) is 7.11 Å². The second-order valence-electron chi connectivity index (χ2n) is 9.74. The van der Waals surface area contributed by atoms with Crippen molar-refractivity contribution in [1.82, 2.24) is 15.3 Å². The lowest BCUT2D eigenvalue weighted by molar-refractivity contribution is 0.323. The minimum absolute atomic E-state index is 0.417. The first-order chi connectivity index (χ1) is 17.1. The molecule has 2 N–H and O–H groups in total. The summed E-state index contributed by atoms with van der Waals surface area (Å²) >= 11 is 0. The van der Waals surface area contributed by atoms with Gasteiger partial charge in [-0.1, -0.05) is 42.5 Å². The molecule has 0 amide bonds. The van der Waals surface area contributed by atoms with Crippen LogP contribution in [0.1, 0.15) is 31.2 Å². The van der Waals surface area contributed by atoms with E-state index in [0.29, 0.717) is 12.0 Å². The van der Waals surface area contributed by atoms with Crippen molar-refractivity contribution in [3.05, 3.63) is 66.2 Å². The molecule has 0 aliphatic heterocycles. The van der Waals surface area contributed by atoms with E-state index >= 15 is 0 Å². The third-order valence-electron chi connectivity index (χ3n) is 7.14. The van der Waals surface area contributed by atoms with Crippen molar-refractivity contribution in [2.24, 2.45) is 5.92 Å². The van der Waals surface area contributed by atoms with Gasteiger partial charge in [-0.3, -0.25) is 0 Å². The Morgan fingerprint density at radius 1 is 0.886 bits per heavy atom. The molecule has 0 unspecified atom stereocenters. The van der Waals surface area contributed by atoms with Crippen molar-refractivity contribution in [1.29, 1.82) is 0 Å². The molecular formula is C29H35N5O. The molecule has 35 heavy (non-hydrogen) atoms. The van der Waals surface area contributed by atoms with E-state index in [9.17, 15) is 0 Å². The highest BCUT2D eigenvalue weighted by Gasteiger charge is 2.22. The molecule has 182 valence electrons. The summed E-state index contributed by atoms with van der Waals surface area (Å²) in [4.78, 5) is 11.7. The van der Waals surface area contributed by atoms with E-state index in [1.807, 2.05) is 26.2 Å². The van der Waals surface area contributed by atoms with Crippen molar-refractivity contribution in [3.63, 3.8) is 0 Å². The second-order valence-corrected chi connectivity index (χ2v) is 9.74. The molecule has 0 radical (unpaired) electrons. The Balaban J connectivity index is 1.17. The molecule has 1 heterocycles. The number of nitrogens with zero attached hydrogens (tertiary/aromatic N) is 3. The molecule has 1 aliphatic carbocycles. The molecule has 0 atom stereocenters. The lowest BCUT2D eigenvalue weighted by atomic mass is 9.86. The molecule has 1 aromatic heterocycles. The number of hydrogen-bond donors (Lipinski definition) is 2. The third-order valence-corrected chi connectivity index (χ3v) is 7.14. The Hall–Kier alpha value is -3.38. The van der Waals surface area contributed by atoms with Gasteiger partial charge in [-0.25, -0.2) is 4.98 Å². The Labute approximate surface area is 207 Å². The van der Waals surface area contributed by atoms with Gasteiger partial charge in [0.05, 0.1) is 12.6 Å². The highest BCUT2D eigenvalue weighted by molar-refractivity contribution is 5.90. The summed E-state index contributed by atoms with van der Waals surface area (Å²) in [5.74, 6) is 3.33. The number of nitrogens with one attached hydrogen (secondary N) is 2. The first-order valence-corrected chi connectivity index (χ1v) is 12.6. The predicted octanol–water partition coefficient (Wildman–Crippen LogP) is 5.62. The molecule has 6 heteroatoms. The Bertz CT molecular complexity index is 1300. The quantitative estimate of drug-likeness (QED) is 0.349. The van der Waals surface area contributed by atoms with E-state index in [-0.39, 0.29) is 0 Å². The average Bonchev–Trinajstić information content (AvgIpc) is 2.89. The van der Waals surface area contributed by atoms with Gasteiger partial charge in [0.2, 0.25) is 5.95 Å².